The van der Waals surface area contributed by atoms with Crippen LogP contribution >= 0.6 is 26.6 Å². The van der Waals surface area contributed by atoms with Crippen molar-refractivity contribution in [3.63, 3.8) is 0 Å². The summed E-state index contributed by atoms with van der Waals surface area (Å²) in [6.45, 7) is 4.07. The van der Waals surface area contributed by atoms with E-state index in [1.165, 1.54) is 10.9 Å². The molecule has 5 rings (SSSR count). The molecule has 5 atom stereocenters. The predicted molar refractivity (Wildman–Crippen MR) is 149 cm³/mol. The number of rotatable bonds is 8. The number of hydrogen-bond donors (Lipinski definition) is 6. The van der Waals surface area contributed by atoms with Crippen molar-refractivity contribution in [2.24, 2.45) is 0 Å². The van der Waals surface area contributed by atoms with E-state index in [1.54, 1.807) is 0 Å². The number of aryl methyl sites for hydroxylation is 2. The van der Waals surface area contributed by atoms with Gasteiger partial charge in [-0.3, -0.25) is 13.7 Å². The second-order valence-electron chi connectivity index (χ2n) is 9.96. The van der Waals surface area contributed by atoms with E-state index in [1.807, 2.05) is 32.0 Å². The number of imidazole rings is 1. The Labute approximate surface area is 233 Å². The van der Waals surface area contributed by atoms with Gasteiger partial charge in [-0.2, -0.15) is 9.97 Å². The number of aromatic nitrogens is 4. The van der Waals surface area contributed by atoms with Gasteiger partial charge in [0, 0.05) is 11.8 Å². The maximum absolute atomic E-state index is 12.2. The molecule has 0 radical (unpaired) electrons. The van der Waals surface area contributed by atoms with E-state index in [4.69, 9.17) is 26.1 Å². The summed E-state index contributed by atoms with van der Waals surface area (Å²) in [6, 6.07) is 10.0. The van der Waals surface area contributed by atoms with Crippen molar-refractivity contribution in [1.82, 2.24) is 19.5 Å². The van der Waals surface area contributed by atoms with Gasteiger partial charge in [0.1, 0.15) is 18.1 Å². The summed E-state index contributed by atoms with van der Waals surface area (Å²) in [5, 5.41) is 26.6. The average Bonchev–Trinajstić information content (AvgIpc) is 3.39. The smallest absolute Gasteiger partial charge is 0.335 e. The van der Waals surface area contributed by atoms with Gasteiger partial charge in [0.2, 0.25) is 12.7 Å². The van der Waals surface area contributed by atoms with Crippen molar-refractivity contribution in [2.75, 3.05) is 17.4 Å². The van der Waals surface area contributed by atoms with E-state index in [0.29, 0.717) is 11.3 Å². The van der Waals surface area contributed by atoms with Crippen LogP contribution in [0.25, 0.3) is 21.9 Å². The lowest BCUT2D eigenvalue weighted by molar-refractivity contribution is -0.0354. The van der Waals surface area contributed by atoms with Gasteiger partial charge in [0.05, 0.1) is 12.4 Å². The van der Waals surface area contributed by atoms with Crippen molar-refractivity contribution in [3.8, 4) is 0 Å². The first-order chi connectivity index (χ1) is 18.7. The molecule has 0 aliphatic carbocycles. The summed E-state index contributed by atoms with van der Waals surface area (Å²) in [4.78, 5) is 40.9. The fourth-order valence-electron chi connectivity index (χ4n) is 4.91. The molecule has 1 aliphatic rings. The number of fused-ring (bicyclic) bond motifs is 2. The molecule has 16 heteroatoms. The van der Waals surface area contributed by atoms with Crippen LogP contribution in [0.4, 0.5) is 11.5 Å². The minimum absolute atomic E-state index is 0.104. The molecule has 4 aromatic rings. The normalized spacial score (nSPS) is 23.1. The number of aliphatic hydroxyl groups is 2. The van der Waals surface area contributed by atoms with Crippen LogP contribution in [0, 0.1) is 13.8 Å². The van der Waals surface area contributed by atoms with Crippen molar-refractivity contribution in [2.45, 2.75) is 44.8 Å². The molecule has 0 bridgehead atoms. The largest absolute Gasteiger partial charge is 0.388 e. The standard InChI is InChI=1S/C24H28ClN5O8P2/c1-12-3-4-13(2)16-9-14(5-6-15(12)16)27-21-18-22(29-24(25)28-21)30(10-26-18)23-20(32)19(31)17(38-23)7-8-39(33,34)11-40(35,36)37/h3-6,9-10,17,19-20,23,31-32H,7-8,11H2,1-2H3,(H,33,34)(H,27,28,29)(H2,35,36,37)/t17-,19?,20?,23-/m1/s1. The Bertz CT molecular complexity index is 1700. The number of anilines is 2. The number of benzene rings is 2. The predicted octanol–water partition coefficient (Wildman–Crippen LogP) is 3.41. The summed E-state index contributed by atoms with van der Waals surface area (Å²) >= 11 is 6.23. The van der Waals surface area contributed by atoms with Gasteiger partial charge in [-0.1, -0.05) is 18.2 Å². The lowest BCUT2D eigenvalue weighted by atomic mass is 10.0. The minimum Gasteiger partial charge on any atom is -0.388 e. The molecule has 0 amide bonds. The number of aliphatic hydroxyl groups excluding tert-OH is 2. The third-order valence-corrected chi connectivity index (χ3v) is 11.3. The van der Waals surface area contributed by atoms with Crippen LogP contribution in [-0.4, -0.2) is 74.8 Å². The second-order valence-corrected chi connectivity index (χ2v) is 14.9. The molecule has 1 saturated heterocycles. The molecule has 2 aromatic heterocycles. The number of ether oxygens (including phenoxy) is 1. The topological polar surface area (TPSA) is 200 Å². The number of hydrogen-bond acceptors (Lipinski definition) is 9. The van der Waals surface area contributed by atoms with Crippen LogP contribution in [0.15, 0.2) is 36.7 Å². The highest BCUT2D eigenvalue weighted by atomic mass is 35.5. The molecule has 0 saturated carbocycles. The summed E-state index contributed by atoms with van der Waals surface area (Å²) < 4.78 is 30.5. The fraction of sp³-hybridized carbons (Fsp3) is 0.375. The summed E-state index contributed by atoms with van der Waals surface area (Å²) in [5.41, 5.74) is 3.53. The molecule has 2 aromatic carbocycles. The molecule has 6 N–H and O–H groups in total. The third kappa shape index (κ3) is 5.94. The van der Waals surface area contributed by atoms with E-state index in [-0.39, 0.29) is 17.4 Å². The van der Waals surface area contributed by atoms with Crippen LogP contribution in [0.5, 0.6) is 0 Å². The zero-order chi connectivity index (χ0) is 29.0. The highest BCUT2D eigenvalue weighted by Gasteiger charge is 2.45. The minimum atomic E-state index is -4.72. The maximum atomic E-state index is 12.2. The zero-order valence-corrected chi connectivity index (χ0v) is 24.0. The highest BCUT2D eigenvalue weighted by Crippen LogP contribution is 2.55. The van der Waals surface area contributed by atoms with E-state index in [0.717, 1.165) is 27.6 Å². The van der Waals surface area contributed by atoms with Gasteiger partial charge >= 0.3 is 7.60 Å². The second kappa shape index (κ2) is 10.8. The molecule has 13 nitrogen and oxygen atoms in total. The van der Waals surface area contributed by atoms with Gasteiger partial charge in [-0.15, -0.1) is 0 Å². The van der Waals surface area contributed by atoms with E-state index in [2.05, 4.69) is 32.4 Å². The van der Waals surface area contributed by atoms with E-state index >= 15 is 0 Å². The molecule has 1 aliphatic heterocycles. The lowest BCUT2D eigenvalue weighted by Gasteiger charge is -2.18. The molecule has 3 unspecified atom stereocenters. The molecule has 1 fully saturated rings. The Morgan fingerprint density at radius 1 is 1.02 bits per heavy atom. The van der Waals surface area contributed by atoms with Crippen molar-refractivity contribution in [1.29, 1.82) is 0 Å². The van der Waals surface area contributed by atoms with Crippen molar-refractivity contribution < 1.29 is 38.8 Å². The van der Waals surface area contributed by atoms with Gasteiger partial charge in [0.25, 0.3) is 0 Å². The molecular weight excluding hydrogens is 584 g/mol. The van der Waals surface area contributed by atoms with Crippen LogP contribution in [-0.2, 0) is 13.9 Å². The monoisotopic (exact) mass is 611 g/mol. The summed E-state index contributed by atoms with van der Waals surface area (Å²) in [5.74, 6) is -0.871. The number of nitrogens with one attached hydrogen (secondary N) is 1. The van der Waals surface area contributed by atoms with Gasteiger partial charge in [-0.05, 0) is 65.9 Å². The van der Waals surface area contributed by atoms with Crippen molar-refractivity contribution in [3.05, 3.63) is 53.1 Å². The Hall–Kier alpha value is -2.44. The molecule has 3 heterocycles. The van der Waals surface area contributed by atoms with Gasteiger partial charge in [0.15, 0.2) is 23.2 Å². The Kier molecular flexibility index (Phi) is 7.82. The van der Waals surface area contributed by atoms with E-state index in [9.17, 15) is 24.2 Å². The first-order valence-corrected chi connectivity index (χ1v) is 16.5. The maximum Gasteiger partial charge on any atom is 0.335 e. The summed E-state index contributed by atoms with van der Waals surface area (Å²) in [6.07, 6.45) is -4.56. The Morgan fingerprint density at radius 3 is 2.42 bits per heavy atom. The lowest BCUT2D eigenvalue weighted by Crippen LogP contribution is -2.32. The first-order valence-electron chi connectivity index (χ1n) is 12.3. The van der Waals surface area contributed by atoms with Crippen LogP contribution in [0.3, 0.4) is 0 Å². The van der Waals surface area contributed by atoms with Crippen LogP contribution in [0.2, 0.25) is 5.28 Å². The quantitative estimate of drug-likeness (QED) is 0.125. The van der Waals surface area contributed by atoms with Crippen LogP contribution < -0.4 is 5.32 Å². The van der Waals surface area contributed by atoms with Gasteiger partial charge in [-0.25, -0.2) is 4.98 Å². The van der Waals surface area contributed by atoms with Gasteiger partial charge < -0.3 is 34.9 Å². The van der Waals surface area contributed by atoms with E-state index < -0.39 is 51.6 Å². The Morgan fingerprint density at radius 2 is 1.73 bits per heavy atom. The van der Waals surface area contributed by atoms with Crippen LogP contribution in [0.1, 0.15) is 23.8 Å². The Balaban J connectivity index is 1.41. The van der Waals surface area contributed by atoms with Crippen molar-refractivity contribution >= 4 is 60.0 Å². The average molecular weight is 612 g/mol. The molecule has 40 heavy (non-hydrogen) atoms. The molecule has 214 valence electrons. The first kappa shape index (κ1) is 29.1. The number of nitrogens with zero attached hydrogens (tertiary/aromatic N) is 4. The zero-order valence-electron chi connectivity index (χ0n) is 21.4. The third-order valence-electron chi connectivity index (χ3n) is 6.89. The SMILES string of the molecule is Cc1ccc(C)c2cc(Nc3nc(Cl)nc4c3ncn4[C@@H]3O[C@H](CCP(=O)(O)CP(=O)(O)O)C(O)C3O)ccc12. The molecular formula is C24H28ClN5O8P2. The fourth-order valence-corrected chi connectivity index (χ4v) is 8.60. The number of halogens is 1. The summed E-state index contributed by atoms with van der Waals surface area (Å²) in [7, 11) is -8.92. The highest BCUT2D eigenvalue weighted by molar-refractivity contribution is 7.72. The molecule has 0 spiro atoms.